The summed E-state index contributed by atoms with van der Waals surface area (Å²) in [6.45, 7) is 9.89. The Bertz CT molecular complexity index is 824. The summed E-state index contributed by atoms with van der Waals surface area (Å²) in [6.07, 6.45) is 5.28. The van der Waals surface area contributed by atoms with Crippen LogP contribution in [0.4, 0.5) is 11.5 Å². The summed E-state index contributed by atoms with van der Waals surface area (Å²) in [4.78, 5) is 26.4. The van der Waals surface area contributed by atoms with Gasteiger partial charge in [-0.05, 0) is 38.8 Å². The molecule has 0 radical (unpaired) electrons. The van der Waals surface area contributed by atoms with Crippen LogP contribution in [0.3, 0.4) is 0 Å². The van der Waals surface area contributed by atoms with Crippen LogP contribution >= 0.6 is 0 Å². The molecule has 7 heteroatoms. The lowest BCUT2D eigenvalue weighted by Gasteiger charge is -2.37. The maximum atomic E-state index is 12.4. The van der Waals surface area contributed by atoms with Crippen LogP contribution in [0.25, 0.3) is 11.3 Å². The number of benzene rings is 1. The summed E-state index contributed by atoms with van der Waals surface area (Å²) in [5.74, 6) is 1.05. The van der Waals surface area contributed by atoms with Gasteiger partial charge in [-0.3, -0.25) is 14.7 Å². The van der Waals surface area contributed by atoms with Crippen LogP contribution in [0.1, 0.15) is 26.7 Å². The van der Waals surface area contributed by atoms with Crippen molar-refractivity contribution >= 4 is 17.4 Å². The van der Waals surface area contributed by atoms with E-state index in [1.807, 2.05) is 36.7 Å². The van der Waals surface area contributed by atoms with Crippen LogP contribution in [-0.2, 0) is 9.53 Å². The zero-order valence-electron chi connectivity index (χ0n) is 17.9. The summed E-state index contributed by atoms with van der Waals surface area (Å²) >= 11 is 0. The van der Waals surface area contributed by atoms with Gasteiger partial charge in [-0.15, -0.1) is 0 Å². The maximum absolute atomic E-state index is 12.4. The smallest absolute Gasteiger partial charge is 0.227 e. The van der Waals surface area contributed by atoms with Crippen LogP contribution in [0.5, 0.6) is 0 Å². The third-order valence-corrected chi connectivity index (χ3v) is 6.05. The summed E-state index contributed by atoms with van der Waals surface area (Å²) < 4.78 is 5.33. The number of nitrogens with one attached hydrogen (secondary N) is 1. The first-order chi connectivity index (χ1) is 14.6. The second-order valence-electron chi connectivity index (χ2n) is 8.33. The molecule has 0 saturated carbocycles. The van der Waals surface area contributed by atoms with Crippen molar-refractivity contribution in [1.29, 1.82) is 0 Å². The van der Waals surface area contributed by atoms with Gasteiger partial charge < -0.3 is 15.0 Å². The Morgan fingerprint density at radius 2 is 1.73 bits per heavy atom. The van der Waals surface area contributed by atoms with E-state index in [2.05, 4.69) is 38.9 Å². The molecular weight excluding hydrogens is 378 g/mol. The first kappa shape index (κ1) is 20.8. The Morgan fingerprint density at radius 3 is 2.33 bits per heavy atom. The molecule has 160 valence electrons. The predicted molar refractivity (Wildman–Crippen MR) is 119 cm³/mol. The monoisotopic (exact) mass is 409 g/mol. The van der Waals surface area contributed by atoms with Gasteiger partial charge in [0.05, 0.1) is 18.1 Å². The zero-order chi connectivity index (χ0) is 20.9. The van der Waals surface area contributed by atoms with Gasteiger partial charge in [0.1, 0.15) is 5.82 Å². The zero-order valence-corrected chi connectivity index (χ0v) is 17.9. The second-order valence-corrected chi connectivity index (χ2v) is 8.33. The van der Waals surface area contributed by atoms with E-state index in [0.29, 0.717) is 19.3 Å². The molecule has 0 spiro atoms. The molecule has 1 aromatic heterocycles. The Labute approximate surface area is 178 Å². The largest absolute Gasteiger partial charge is 0.381 e. The number of rotatable bonds is 5. The first-order valence-electron chi connectivity index (χ1n) is 10.9. The molecule has 1 aromatic carbocycles. The van der Waals surface area contributed by atoms with Crippen molar-refractivity contribution in [3.8, 4) is 11.3 Å². The van der Waals surface area contributed by atoms with Crippen LogP contribution < -0.4 is 10.2 Å². The van der Waals surface area contributed by atoms with Crippen LogP contribution in [0.2, 0.25) is 0 Å². The van der Waals surface area contributed by atoms with E-state index in [1.54, 1.807) is 0 Å². The number of piperazine rings is 1. The van der Waals surface area contributed by atoms with Crippen LogP contribution in [0.15, 0.2) is 36.7 Å². The summed E-state index contributed by atoms with van der Waals surface area (Å²) in [5, 5.41) is 3.01. The molecule has 0 bridgehead atoms. The van der Waals surface area contributed by atoms with E-state index in [0.717, 1.165) is 61.8 Å². The number of aromatic nitrogens is 2. The fraction of sp³-hybridized carbons (Fsp3) is 0.522. The molecule has 1 amide bonds. The molecule has 2 aliphatic heterocycles. The molecule has 4 rings (SSSR count). The fourth-order valence-electron chi connectivity index (χ4n) is 4.03. The Morgan fingerprint density at radius 1 is 1.03 bits per heavy atom. The van der Waals surface area contributed by atoms with Crippen LogP contribution in [-0.4, -0.2) is 66.2 Å². The molecule has 3 heterocycles. The van der Waals surface area contributed by atoms with Crippen molar-refractivity contribution in [3.05, 3.63) is 36.7 Å². The number of ether oxygens (including phenoxy) is 1. The summed E-state index contributed by atoms with van der Waals surface area (Å²) in [6, 6.07) is 8.39. The first-order valence-corrected chi connectivity index (χ1v) is 10.9. The second kappa shape index (κ2) is 9.53. The highest BCUT2D eigenvalue weighted by molar-refractivity contribution is 5.92. The van der Waals surface area contributed by atoms with E-state index in [1.165, 1.54) is 0 Å². The minimum Gasteiger partial charge on any atom is -0.381 e. The number of carbonyl (C=O) groups excluding carboxylic acids is 1. The quantitative estimate of drug-likeness (QED) is 0.819. The topological polar surface area (TPSA) is 70.6 Å². The van der Waals surface area contributed by atoms with Crippen molar-refractivity contribution in [1.82, 2.24) is 14.9 Å². The number of anilines is 2. The SMILES string of the molecule is CC(C)N1CCN(c2cnc(-c3ccc(NC(=O)C4CCOCC4)cc3)cn2)CC1. The summed E-state index contributed by atoms with van der Waals surface area (Å²) in [5.41, 5.74) is 2.63. The summed E-state index contributed by atoms with van der Waals surface area (Å²) in [7, 11) is 0. The fourth-order valence-corrected chi connectivity index (χ4v) is 4.03. The molecule has 0 unspecified atom stereocenters. The van der Waals surface area contributed by atoms with Crippen LogP contribution in [0, 0.1) is 5.92 Å². The Hall–Kier alpha value is -2.51. The number of carbonyl (C=O) groups is 1. The van der Waals surface area contributed by atoms with E-state index in [4.69, 9.17) is 4.74 Å². The van der Waals surface area contributed by atoms with Crippen molar-refractivity contribution < 1.29 is 9.53 Å². The van der Waals surface area contributed by atoms with Gasteiger partial charge in [0, 0.05) is 62.6 Å². The van der Waals surface area contributed by atoms with E-state index in [9.17, 15) is 4.79 Å². The van der Waals surface area contributed by atoms with Gasteiger partial charge in [-0.2, -0.15) is 0 Å². The minimum atomic E-state index is 0.0410. The molecule has 7 nitrogen and oxygen atoms in total. The van der Waals surface area contributed by atoms with Gasteiger partial charge in [-0.25, -0.2) is 4.98 Å². The molecule has 0 atom stereocenters. The normalized spacial score (nSPS) is 18.6. The van der Waals surface area contributed by atoms with E-state index in [-0.39, 0.29) is 11.8 Å². The van der Waals surface area contributed by atoms with E-state index >= 15 is 0 Å². The maximum Gasteiger partial charge on any atom is 0.227 e. The van der Waals surface area contributed by atoms with Crippen molar-refractivity contribution in [2.75, 3.05) is 49.6 Å². The third-order valence-electron chi connectivity index (χ3n) is 6.05. The third kappa shape index (κ3) is 4.96. The molecule has 2 saturated heterocycles. The number of nitrogens with zero attached hydrogens (tertiary/aromatic N) is 4. The average molecular weight is 410 g/mol. The minimum absolute atomic E-state index is 0.0410. The Kier molecular flexibility index (Phi) is 6.59. The lowest BCUT2D eigenvalue weighted by atomic mass is 9.99. The highest BCUT2D eigenvalue weighted by Crippen LogP contribution is 2.22. The number of amides is 1. The number of hydrogen-bond donors (Lipinski definition) is 1. The average Bonchev–Trinajstić information content (AvgIpc) is 2.80. The van der Waals surface area contributed by atoms with Gasteiger partial charge in [0.25, 0.3) is 0 Å². The number of hydrogen-bond acceptors (Lipinski definition) is 6. The lowest BCUT2D eigenvalue weighted by Crippen LogP contribution is -2.49. The molecule has 0 aliphatic carbocycles. The van der Waals surface area contributed by atoms with Crippen molar-refractivity contribution in [2.45, 2.75) is 32.7 Å². The molecule has 2 fully saturated rings. The predicted octanol–water partition coefficient (Wildman–Crippen LogP) is 3.04. The highest BCUT2D eigenvalue weighted by Gasteiger charge is 2.22. The lowest BCUT2D eigenvalue weighted by molar-refractivity contribution is -0.122. The molecule has 1 N–H and O–H groups in total. The molecule has 30 heavy (non-hydrogen) atoms. The standard InChI is InChI=1S/C23H31N5O2/c1-17(2)27-9-11-28(12-10-27)22-16-24-21(15-25-22)18-3-5-20(6-4-18)26-23(29)19-7-13-30-14-8-19/h3-6,15-17,19H,7-14H2,1-2H3,(H,26,29). The molecule has 2 aromatic rings. The highest BCUT2D eigenvalue weighted by atomic mass is 16.5. The molecule has 2 aliphatic rings. The van der Waals surface area contributed by atoms with Gasteiger partial charge in [0.15, 0.2) is 0 Å². The Balaban J connectivity index is 1.34. The van der Waals surface area contributed by atoms with Gasteiger partial charge in [0.2, 0.25) is 5.91 Å². The van der Waals surface area contributed by atoms with Crippen molar-refractivity contribution in [3.63, 3.8) is 0 Å². The van der Waals surface area contributed by atoms with E-state index < -0.39 is 0 Å². The van der Waals surface area contributed by atoms with Crippen molar-refractivity contribution in [2.24, 2.45) is 5.92 Å². The van der Waals surface area contributed by atoms with Gasteiger partial charge >= 0.3 is 0 Å². The molecular formula is C23H31N5O2. The van der Waals surface area contributed by atoms with Gasteiger partial charge in [-0.1, -0.05) is 12.1 Å².